The fraction of sp³-hybridized carbons (Fsp3) is 0.0870. The number of anilines is 1. The predicted molar refractivity (Wildman–Crippen MR) is 123 cm³/mol. The summed E-state index contributed by atoms with van der Waals surface area (Å²) in [6.45, 7) is 0.289. The van der Waals surface area contributed by atoms with Gasteiger partial charge >= 0.3 is 0 Å². The van der Waals surface area contributed by atoms with Gasteiger partial charge in [-0.05, 0) is 60.2 Å². The Morgan fingerprint density at radius 2 is 1.79 bits per heavy atom. The Morgan fingerprint density at radius 3 is 2.45 bits per heavy atom. The summed E-state index contributed by atoms with van der Waals surface area (Å²) in [5.74, 6) is 0.238. The average molecular weight is 464 g/mol. The third-order valence-electron chi connectivity index (χ3n) is 4.82. The molecule has 1 aromatic heterocycles. The molecule has 0 atom stereocenters. The lowest BCUT2D eigenvalue weighted by atomic mass is 10.2. The summed E-state index contributed by atoms with van der Waals surface area (Å²) in [6.07, 6.45) is 3.05. The van der Waals surface area contributed by atoms with Crippen molar-refractivity contribution in [3.63, 3.8) is 0 Å². The van der Waals surface area contributed by atoms with Crippen LogP contribution in [-0.4, -0.2) is 36.2 Å². The van der Waals surface area contributed by atoms with Crippen molar-refractivity contribution in [1.82, 2.24) is 20.1 Å². The maximum absolute atomic E-state index is 12.8. The molecule has 1 heterocycles. The molecule has 4 rings (SSSR count). The number of methoxy groups -OCH3 is 1. The van der Waals surface area contributed by atoms with E-state index in [0.29, 0.717) is 11.4 Å². The fourth-order valence-corrected chi connectivity index (χ4v) is 4.17. The average Bonchev–Trinajstić information content (AvgIpc) is 3.38. The highest BCUT2D eigenvalue weighted by Crippen LogP contribution is 2.20. The van der Waals surface area contributed by atoms with E-state index in [4.69, 9.17) is 4.74 Å². The number of benzene rings is 3. The van der Waals surface area contributed by atoms with Crippen LogP contribution in [0.4, 0.5) is 5.69 Å². The molecule has 9 nitrogen and oxygen atoms in total. The lowest BCUT2D eigenvalue weighted by Crippen LogP contribution is -2.23. The predicted octanol–water partition coefficient (Wildman–Crippen LogP) is 3.01. The topological polar surface area (TPSA) is 115 Å². The minimum Gasteiger partial charge on any atom is -0.497 e. The number of nitrogens with one attached hydrogen (secondary N) is 2. The zero-order valence-corrected chi connectivity index (χ0v) is 18.5. The van der Waals surface area contributed by atoms with Gasteiger partial charge in [0.25, 0.3) is 15.9 Å². The smallest absolute Gasteiger partial charge is 0.261 e. The number of aromatic nitrogens is 3. The van der Waals surface area contributed by atoms with Gasteiger partial charge in [-0.3, -0.25) is 9.52 Å². The van der Waals surface area contributed by atoms with E-state index < -0.39 is 10.0 Å². The number of carbonyl (C=O) groups excluding carboxylic acids is 1. The molecule has 0 saturated heterocycles. The Morgan fingerprint density at radius 1 is 1.03 bits per heavy atom. The molecule has 0 bridgehead atoms. The number of nitrogens with zero attached hydrogens (tertiary/aromatic N) is 3. The molecule has 168 valence electrons. The highest BCUT2D eigenvalue weighted by Gasteiger charge is 2.16. The van der Waals surface area contributed by atoms with Crippen LogP contribution in [-0.2, 0) is 16.6 Å². The molecule has 0 aliphatic carbocycles. The van der Waals surface area contributed by atoms with Crippen molar-refractivity contribution < 1.29 is 17.9 Å². The van der Waals surface area contributed by atoms with Gasteiger partial charge in [-0.1, -0.05) is 18.2 Å². The van der Waals surface area contributed by atoms with E-state index in [2.05, 4.69) is 20.1 Å². The standard InChI is InChI=1S/C23H21N5O4S/c1-32-21-11-7-19(8-12-21)27-33(30,31)22-4-2-3-18(13-22)23(29)25-14-17-5-9-20(10-6-17)28-16-24-15-26-28/h2-13,15-16,27H,14H2,1H3,(H,25,29). The monoisotopic (exact) mass is 463 g/mol. The third-order valence-corrected chi connectivity index (χ3v) is 6.20. The van der Waals surface area contributed by atoms with Crippen molar-refractivity contribution in [3.8, 4) is 11.4 Å². The van der Waals surface area contributed by atoms with E-state index in [9.17, 15) is 13.2 Å². The summed E-state index contributed by atoms with van der Waals surface area (Å²) < 4.78 is 34.7. The van der Waals surface area contributed by atoms with E-state index >= 15 is 0 Å². The summed E-state index contributed by atoms with van der Waals surface area (Å²) in [7, 11) is -2.34. The molecule has 0 aliphatic rings. The normalized spacial score (nSPS) is 11.1. The first-order chi connectivity index (χ1) is 15.9. The molecule has 10 heteroatoms. The summed E-state index contributed by atoms with van der Waals surface area (Å²) >= 11 is 0. The van der Waals surface area contributed by atoms with E-state index in [1.165, 1.54) is 31.6 Å². The molecular formula is C23H21N5O4S. The molecule has 0 spiro atoms. The summed E-state index contributed by atoms with van der Waals surface area (Å²) in [6, 6.07) is 19.9. The molecule has 0 saturated carbocycles. The molecule has 0 unspecified atom stereocenters. The van der Waals surface area contributed by atoms with Gasteiger partial charge < -0.3 is 10.1 Å². The third kappa shape index (κ3) is 5.36. The zero-order chi connectivity index (χ0) is 23.3. The van der Waals surface area contributed by atoms with Crippen LogP contribution in [0.25, 0.3) is 5.69 Å². The zero-order valence-electron chi connectivity index (χ0n) is 17.7. The number of carbonyl (C=O) groups is 1. The highest BCUT2D eigenvalue weighted by molar-refractivity contribution is 7.92. The van der Waals surface area contributed by atoms with Crippen LogP contribution in [0.1, 0.15) is 15.9 Å². The maximum Gasteiger partial charge on any atom is 0.261 e. The number of hydrogen-bond donors (Lipinski definition) is 2. The van der Waals surface area contributed by atoms with Crippen molar-refractivity contribution >= 4 is 21.6 Å². The second-order valence-electron chi connectivity index (χ2n) is 7.05. The van der Waals surface area contributed by atoms with Gasteiger partial charge in [-0.2, -0.15) is 5.10 Å². The van der Waals surface area contributed by atoms with Gasteiger partial charge in [-0.15, -0.1) is 0 Å². The molecule has 0 aliphatic heterocycles. The van der Waals surface area contributed by atoms with Crippen LogP contribution < -0.4 is 14.8 Å². The highest BCUT2D eigenvalue weighted by atomic mass is 32.2. The van der Waals surface area contributed by atoms with Gasteiger partial charge in [0.05, 0.1) is 17.7 Å². The van der Waals surface area contributed by atoms with Gasteiger partial charge in [0.15, 0.2) is 0 Å². The molecule has 0 radical (unpaired) electrons. The largest absolute Gasteiger partial charge is 0.497 e. The van der Waals surface area contributed by atoms with Crippen LogP contribution in [0.2, 0.25) is 0 Å². The lowest BCUT2D eigenvalue weighted by Gasteiger charge is -2.11. The number of hydrogen-bond acceptors (Lipinski definition) is 6. The number of sulfonamides is 1. The van der Waals surface area contributed by atoms with Gasteiger partial charge in [0.1, 0.15) is 18.4 Å². The first-order valence-corrected chi connectivity index (χ1v) is 11.4. The Balaban J connectivity index is 1.41. The number of ether oxygens (including phenoxy) is 1. The van der Waals surface area contributed by atoms with Gasteiger partial charge in [0.2, 0.25) is 0 Å². The Hall–Kier alpha value is -4.18. The number of rotatable bonds is 8. The van der Waals surface area contributed by atoms with E-state index in [0.717, 1.165) is 11.3 Å². The Labute approximate surface area is 191 Å². The molecular weight excluding hydrogens is 442 g/mol. The SMILES string of the molecule is COc1ccc(NS(=O)(=O)c2cccc(C(=O)NCc3ccc(-n4cncn4)cc3)c2)cc1. The second kappa shape index (κ2) is 9.53. The van der Waals surface area contributed by atoms with Gasteiger partial charge in [0, 0.05) is 17.8 Å². The van der Waals surface area contributed by atoms with Gasteiger partial charge in [-0.25, -0.2) is 18.1 Å². The molecule has 2 N–H and O–H groups in total. The second-order valence-corrected chi connectivity index (χ2v) is 8.73. The Bertz CT molecular complexity index is 1340. The molecule has 3 aromatic carbocycles. The first kappa shape index (κ1) is 22.0. The summed E-state index contributed by atoms with van der Waals surface area (Å²) in [5.41, 5.74) is 2.37. The minimum atomic E-state index is -3.87. The maximum atomic E-state index is 12.8. The minimum absolute atomic E-state index is 0.0110. The molecule has 33 heavy (non-hydrogen) atoms. The van der Waals surface area contributed by atoms with Crippen LogP contribution in [0.3, 0.4) is 0 Å². The van der Waals surface area contributed by atoms with E-state index in [-0.39, 0.29) is 22.9 Å². The van der Waals surface area contributed by atoms with Crippen molar-refractivity contribution in [3.05, 3.63) is 96.6 Å². The van der Waals surface area contributed by atoms with E-state index in [1.54, 1.807) is 41.3 Å². The van der Waals surface area contributed by atoms with Crippen LogP contribution in [0.5, 0.6) is 5.75 Å². The van der Waals surface area contributed by atoms with Crippen molar-refractivity contribution in [2.75, 3.05) is 11.8 Å². The molecule has 0 fully saturated rings. The van der Waals surface area contributed by atoms with Crippen LogP contribution in [0, 0.1) is 0 Å². The van der Waals surface area contributed by atoms with Crippen LogP contribution >= 0.6 is 0 Å². The van der Waals surface area contributed by atoms with E-state index in [1.807, 2.05) is 24.3 Å². The molecule has 1 amide bonds. The summed E-state index contributed by atoms with van der Waals surface area (Å²) in [5, 5.41) is 6.88. The lowest BCUT2D eigenvalue weighted by molar-refractivity contribution is 0.0950. The Kier molecular flexibility index (Phi) is 6.36. The first-order valence-electron chi connectivity index (χ1n) is 9.94. The number of amides is 1. The van der Waals surface area contributed by atoms with Crippen molar-refractivity contribution in [2.24, 2.45) is 0 Å². The fourth-order valence-electron chi connectivity index (χ4n) is 3.07. The van der Waals surface area contributed by atoms with Crippen LogP contribution in [0.15, 0.2) is 90.3 Å². The quantitative estimate of drug-likeness (QED) is 0.415. The molecule has 4 aromatic rings. The summed E-state index contributed by atoms with van der Waals surface area (Å²) in [4.78, 5) is 16.5. The van der Waals surface area contributed by atoms with Crippen molar-refractivity contribution in [1.29, 1.82) is 0 Å². The van der Waals surface area contributed by atoms with Crippen molar-refractivity contribution in [2.45, 2.75) is 11.4 Å².